The Balaban J connectivity index is 1.75. The van der Waals surface area contributed by atoms with E-state index >= 15 is 0 Å². The van der Waals surface area contributed by atoms with Crippen LogP contribution in [0.15, 0.2) is 27.4 Å². The number of rotatable bonds is 3. The number of carbonyl (C=O) groups excluding carboxylic acids is 1. The van der Waals surface area contributed by atoms with Crippen LogP contribution in [0.25, 0.3) is 11.1 Å². The molecule has 1 aliphatic rings. The number of oxazole rings is 1. The number of amides is 1. The van der Waals surface area contributed by atoms with Crippen molar-refractivity contribution < 1.29 is 9.21 Å². The first-order valence-electron chi connectivity index (χ1n) is 7.01. The van der Waals surface area contributed by atoms with Gasteiger partial charge in [0.2, 0.25) is 5.91 Å². The van der Waals surface area contributed by atoms with Crippen molar-refractivity contribution in [2.24, 2.45) is 7.05 Å². The van der Waals surface area contributed by atoms with E-state index in [2.05, 4.69) is 5.32 Å². The second-order valence-electron chi connectivity index (χ2n) is 5.45. The Hall–Kier alpha value is -2.04. The molecular weight excluding hydrogens is 256 g/mol. The number of fused-ring (bicyclic) bond motifs is 1. The molecule has 0 aliphatic heterocycles. The Bertz CT molecular complexity index is 693. The highest BCUT2D eigenvalue weighted by Gasteiger charge is 2.17. The van der Waals surface area contributed by atoms with Gasteiger partial charge in [0.15, 0.2) is 5.58 Å². The minimum absolute atomic E-state index is 0.0461. The van der Waals surface area contributed by atoms with E-state index in [1.54, 1.807) is 13.1 Å². The van der Waals surface area contributed by atoms with Gasteiger partial charge in [-0.05, 0) is 30.5 Å². The first-order chi connectivity index (χ1) is 9.63. The van der Waals surface area contributed by atoms with Crippen LogP contribution >= 0.6 is 0 Å². The van der Waals surface area contributed by atoms with Crippen molar-refractivity contribution in [1.29, 1.82) is 0 Å². The highest BCUT2D eigenvalue weighted by atomic mass is 16.4. The van der Waals surface area contributed by atoms with Crippen LogP contribution in [-0.4, -0.2) is 16.5 Å². The van der Waals surface area contributed by atoms with Gasteiger partial charge in [-0.25, -0.2) is 4.79 Å². The number of nitrogens with one attached hydrogen (secondary N) is 1. The van der Waals surface area contributed by atoms with Crippen LogP contribution in [0, 0.1) is 0 Å². The number of hydrogen-bond donors (Lipinski definition) is 1. The van der Waals surface area contributed by atoms with Gasteiger partial charge in [-0.15, -0.1) is 0 Å². The van der Waals surface area contributed by atoms with Crippen molar-refractivity contribution in [2.45, 2.75) is 38.1 Å². The summed E-state index contributed by atoms with van der Waals surface area (Å²) in [6.07, 6.45) is 4.91. The molecule has 0 spiro atoms. The molecule has 0 unspecified atom stereocenters. The van der Waals surface area contributed by atoms with Crippen molar-refractivity contribution >= 4 is 17.0 Å². The molecular formula is C15H18N2O3. The van der Waals surface area contributed by atoms with Crippen molar-refractivity contribution in [3.8, 4) is 0 Å². The van der Waals surface area contributed by atoms with Crippen LogP contribution in [0.5, 0.6) is 0 Å². The second kappa shape index (κ2) is 5.15. The lowest BCUT2D eigenvalue weighted by Crippen LogP contribution is -2.33. The summed E-state index contributed by atoms with van der Waals surface area (Å²) in [6.45, 7) is 0. The lowest BCUT2D eigenvalue weighted by molar-refractivity contribution is -0.121. The summed E-state index contributed by atoms with van der Waals surface area (Å²) >= 11 is 0. The Morgan fingerprint density at radius 2 is 2.15 bits per heavy atom. The molecule has 106 valence electrons. The van der Waals surface area contributed by atoms with E-state index < -0.39 is 0 Å². The molecule has 3 rings (SSSR count). The van der Waals surface area contributed by atoms with E-state index in [1.165, 1.54) is 17.4 Å². The Morgan fingerprint density at radius 1 is 1.40 bits per heavy atom. The van der Waals surface area contributed by atoms with Crippen LogP contribution in [0.3, 0.4) is 0 Å². The van der Waals surface area contributed by atoms with Gasteiger partial charge in [0.05, 0.1) is 11.9 Å². The zero-order valence-corrected chi connectivity index (χ0v) is 11.5. The molecule has 1 N–H and O–H groups in total. The number of hydrogen-bond acceptors (Lipinski definition) is 3. The summed E-state index contributed by atoms with van der Waals surface area (Å²) in [5, 5.41) is 3.06. The van der Waals surface area contributed by atoms with Crippen LogP contribution < -0.4 is 11.1 Å². The van der Waals surface area contributed by atoms with Crippen molar-refractivity contribution in [2.75, 3.05) is 0 Å². The third-order valence-electron chi connectivity index (χ3n) is 3.94. The third kappa shape index (κ3) is 2.48. The molecule has 1 aromatic carbocycles. The maximum Gasteiger partial charge on any atom is 0.419 e. The van der Waals surface area contributed by atoms with Crippen LogP contribution in [-0.2, 0) is 18.3 Å². The lowest BCUT2D eigenvalue weighted by atomic mass is 10.1. The molecule has 0 atom stereocenters. The van der Waals surface area contributed by atoms with Gasteiger partial charge >= 0.3 is 5.76 Å². The molecule has 20 heavy (non-hydrogen) atoms. The van der Waals surface area contributed by atoms with Crippen LogP contribution in [0.1, 0.15) is 31.2 Å². The first kappa shape index (κ1) is 13.0. The quantitative estimate of drug-likeness (QED) is 0.927. The highest BCUT2D eigenvalue weighted by Crippen LogP contribution is 2.18. The molecule has 1 fully saturated rings. The molecule has 1 saturated carbocycles. The molecule has 1 aliphatic carbocycles. The fourth-order valence-corrected chi connectivity index (χ4v) is 2.82. The van der Waals surface area contributed by atoms with Crippen molar-refractivity contribution in [1.82, 2.24) is 9.88 Å². The third-order valence-corrected chi connectivity index (χ3v) is 3.94. The SMILES string of the molecule is Cn1c(=O)oc2ccc(CC(=O)NC3CCCC3)cc21. The van der Waals surface area contributed by atoms with Crippen LogP contribution in [0.4, 0.5) is 0 Å². The van der Waals surface area contributed by atoms with Crippen molar-refractivity contribution in [3.63, 3.8) is 0 Å². The predicted molar refractivity (Wildman–Crippen MR) is 75.6 cm³/mol. The van der Waals surface area contributed by atoms with Gasteiger partial charge in [0, 0.05) is 13.1 Å². The Morgan fingerprint density at radius 3 is 2.90 bits per heavy atom. The van der Waals surface area contributed by atoms with Gasteiger partial charge in [-0.1, -0.05) is 18.9 Å². The van der Waals surface area contributed by atoms with Gasteiger partial charge in [0.25, 0.3) is 0 Å². The fourth-order valence-electron chi connectivity index (χ4n) is 2.82. The average Bonchev–Trinajstić information content (AvgIpc) is 3.00. The molecule has 2 aromatic rings. The lowest BCUT2D eigenvalue weighted by Gasteiger charge is -2.11. The highest BCUT2D eigenvalue weighted by molar-refractivity contribution is 5.81. The standard InChI is InChI=1S/C15H18N2O3/c1-17-12-8-10(6-7-13(12)20-15(17)19)9-14(18)16-11-4-2-3-5-11/h6-8,11H,2-5,9H2,1H3,(H,16,18). The number of benzene rings is 1. The summed E-state index contributed by atoms with van der Waals surface area (Å²) in [7, 11) is 1.66. The largest absolute Gasteiger partial charge is 0.419 e. The molecule has 5 nitrogen and oxygen atoms in total. The minimum atomic E-state index is -0.382. The van der Waals surface area contributed by atoms with E-state index in [1.807, 2.05) is 12.1 Å². The van der Waals surface area contributed by atoms with E-state index in [-0.39, 0.29) is 11.7 Å². The summed E-state index contributed by atoms with van der Waals surface area (Å²) in [5.74, 6) is -0.336. The molecule has 1 aromatic heterocycles. The minimum Gasteiger partial charge on any atom is -0.408 e. The number of aromatic nitrogens is 1. The zero-order valence-electron chi connectivity index (χ0n) is 11.5. The number of aryl methyl sites for hydroxylation is 1. The average molecular weight is 274 g/mol. The number of carbonyl (C=O) groups is 1. The molecule has 1 heterocycles. The van der Waals surface area contributed by atoms with Gasteiger partial charge in [-0.2, -0.15) is 0 Å². The topological polar surface area (TPSA) is 64.2 Å². The van der Waals surface area contributed by atoms with E-state index in [0.717, 1.165) is 23.9 Å². The molecule has 0 bridgehead atoms. The predicted octanol–water partition coefficient (Wildman–Crippen LogP) is 1.73. The molecule has 5 heteroatoms. The van der Waals surface area contributed by atoms with E-state index in [4.69, 9.17) is 4.42 Å². The molecule has 0 saturated heterocycles. The molecule has 0 radical (unpaired) electrons. The van der Waals surface area contributed by atoms with E-state index in [0.29, 0.717) is 18.0 Å². The van der Waals surface area contributed by atoms with Gasteiger partial charge in [0.1, 0.15) is 0 Å². The normalized spacial score (nSPS) is 15.8. The summed E-state index contributed by atoms with van der Waals surface area (Å²) < 4.78 is 6.53. The summed E-state index contributed by atoms with van der Waals surface area (Å²) in [5.41, 5.74) is 2.17. The molecule has 1 amide bonds. The fraction of sp³-hybridized carbons (Fsp3) is 0.467. The monoisotopic (exact) mass is 274 g/mol. The van der Waals surface area contributed by atoms with Crippen LogP contribution in [0.2, 0.25) is 0 Å². The maximum atomic E-state index is 12.0. The Labute approximate surface area is 116 Å². The Kier molecular flexibility index (Phi) is 3.34. The number of nitrogens with zero attached hydrogens (tertiary/aromatic N) is 1. The second-order valence-corrected chi connectivity index (χ2v) is 5.45. The van der Waals surface area contributed by atoms with Gasteiger partial charge < -0.3 is 9.73 Å². The zero-order chi connectivity index (χ0) is 14.1. The summed E-state index contributed by atoms with van der Waals surface area (Å²) in [4.78, 5) is 23.4. The van der Waals surface area contributed by atoms with Gasteiger partial charge in [-0.3, -0.25) is 9.36 Å². The maximum absolute atomic E-state index is 12.0. The van der Waals surface area contributed by atoms with Crippen molar-refractivity contribution in [3.05, 3.63) is 34.3 Å². The van der Waals surface area contributed by atoms with E-state index in [9.17, 15) is 9.59 Å². The summed E-state index contributed by atoms with van der Waals surface area (Å²) in [6, 6.07) is 5.76. The first-order valence-corrected chi connectivity index (χ1v) is 7.01. The smallest absolute Gasteiger partial charge is 0.408 e.